The fourth-order valence-corrected chi connectivity index (χ4v) is 7.36. The van der Waals surface area contributed by atoms with Crippen LogP contribution in [0.15, 0.2) is 11.6 Å². The molecule has 0 aromatic heterocycles. The van der Waals surface area contributed by atoms with E-state index >= 15 is 0 Å². The van der Waals surface area contributed by atoms with Crippen molar-refractivity contribution in [3.63, 3.8) is 0 Å². The molecule has 3 N–H and O–H groups in total. The van der Waals surface area contributed by atoms with Crippen LogP contribution in [0.5, 0.6) is 0 Å². The maximum Gasteiger partial charge on any atom is 0.167 e. The normalized spacial score (nSPS) is 44.3. The molecule has 0 spiro atoms. The second-order valence-corrected chi connectivity index (χ2v) is 11.9. The summed E-state index contributed by atoms with van der Waals surface area (Å²) in [7, 11) is 0. The van der Waals surface area contributed by atoms with Crippen molar-refractivity contribution in [2.24, 2.45) is 34.5 Å². The first kappa shape index (κ1) is 24.9. The number of allylic oxidation sites excluding steroid dienone is 1. The Bertz CT molecular complexity index is 699. The highest BCUT2D eigenvalue weighted by Crippen LogP contribution is 2.60. The topological polar surface area (TPSA) is 77.8 Å². The van der Waals surface area contributed by atoms with E-state index < -0.39 is 23.2 Å². The van der Waals surface area contributed by atoms with Crippen molar-refractivity contribution < 1.29 is 20.1 Å². The van der Waals surface area contributed by atoms with Crippen LogP contribution in [0, 0.1) is 34.5 Å². The van der Waals surface area contributed by atoms with Gasteiger partial charge in [0.1, 0.15) is 11.7 Å². The van der Waals surface area contributed by atoms with Crippen LogP contribution in [0.1, 0.15) is 99.3 Å². The Hall–Kier alpha value is -0.710. The minimum Gasteiger partial charge on any atom is -0.393 e. The van der Waals surface area contributed by atoms with Crippen LogP contribution in [0.4, 0.5) is 0 Å². The smallest absolute Gasteiger partial charge is 0.167 e. The van der Waals surface area contributed by atoms with Crippen LogP contribution in [0.25, 0.3) is 0 Å². The van der Waals surface area contributed by atoms with Gasteiger partial charge in [0, 0.05) is 6.42 Å². The zero-order valence-corrected chi connectivity index (χ0v) is 20.7. The van der Waals surface area contributed by atoms with Gasteiger partial charge in [-0.05, 0) is 79.8 Å². The highest BCUT2D eigenvalue weighted by molar-refractivity contribution is 6.02. The fourth-order valence-electron chi connectivity index (χ4n) is 7.36. The van der Waals surface area contributed by atoms with Crippen LogP contribution in [0.3, 0.4) is 0 Å². The van der Waals surface area contributed by atoms with Crippen molar-refractivity contribution in [3.8, 4) is 0 Å². The molecule has 0 amide bonds. The van der Waals surface area contributed by atoms with Gasteiger partial charge >= 0.3 is 0 Å². The summed E-state index contributed by atoms with van der Waals surface area (Å²) >= 11 is 0. The number of hydrogen-bond donors (Lipinski definition) is 3. The first-order chi connectivity index (χ1) is 14.4. The molecule has 4 nitrogen and oxygen atoms in total. The van der Waals surface area contributed by atoms with Gasteiger partial charge in [-0.2, -0.15) is 0 Å². The number of carbonyl (C=O) groups is 1. The van der Waals surface area contributed by atoms with E-state index in [2.05, 4.69) is 34.6 Å². The van der Waals surface area contributed by atoms with E-state index in [0.717, 1.165) is 30.8 Å². The van der Waals surface area contributed by atoms with Crippen LogP contribution in [-0.2, 0) is 4.79 Å². The van der Waals surface area contributed by atoms with Crippen LogP contribution in [0.2, 0.25) is 0 Å². The number of ketones is 1. The van der Waals surface area contributed by atoms with Gasteiger partial charge in [-0.3, -0.25) is 4.79 Å². The summed E-state index contributed by atoms with van der Waals surface area (Å²) in [6.07, 6.45) is 7.73. The summed E-state index contributed by atoms with van der Waals surface area (Å²) in [6.45, 7) is 13.3. The molecule has 3 aliphatic carbocycles. The second-order valence-electron chi connectivity index (χ2n) is 11.9. The number of Topliss-reactive ketones (excluding diaryl/α,β-unsaturated/α-hetero) is 1. The first-order valence-corrected chi connectivity index (χ1v) is 12.8. The molecule has 0 aromatic rings. The van der Waals surface area contributed by atoms with Gasteiger partial charge in [0.25, 0.3) is 0 Å². The second kappa shape index (κ2) is 8.91. The van der Waals surface area contributed by atoms with Crippen molar-refractivity contribution in [3.05, 3.63) is 11.6 Å². The van der Waals surface area contributed by atoms with Gasteiger partial charge in [0.15, 0.2) is 5.78 Å². The van der Waals surface area contributed by atoms with Crippen molar-refractivity contribution in [2.75, 3.05) is 0 Å². The van der Waals surface area contributed by atoms with Crippen LogP contribution < -0.4 is 0 Å². The Balaban J connectivity index is 1.87. The molecule has 3 rings (SSSR count). The number of rotatable bonds is 7. The molecule has 2 fully saturated rings. The molecule has 8 atom stereocenters. The number of carbonyl (C=O) groups excluding carboxylic acids is 1. The molecule has 0 aromatic carbocycles. The third kappa shape index (κ3) is 4.06. The highest BCUT2D eigenvalue weighted by atomic mass is 16.3. The third-order valence-electron chi connectivity index (χ3n) is 9.74. The van der Waals surface area contributed by atoms with E-state index in [0.29, 0.717) is 24.7 Å². The monoisotopic (exact) mass is 434 g/mol. The molecule has 0 bridgehead atoms. The minimum absolute atomic E-state index is 0.00462. The van der Waals surface area contributed by atoms with Gasteiger partial charge in [-0.15, -0.1) is 0 Å². The molecule has 31 heavy (non-hydrogen) atoms. The lowest BCUT2D eigenvalue weighted by atomic mass is 9.53. The van der Waals surface area contributed by atoms with Gasteiger partial charge in [0.05, 0.1) is 11.5 Å². The first-order valence-electron chi connectivity index (χ1n) is 12.8. The molecule has 0 radical (unpaired) electrons. The number of aliphatic hydroxyl groups is 3. The molecule has 0 saturated heterocycles. The minimum atomic E-state index is -1.57. The van der Waals surface area contributed by atoms with Crippen molar-refractivity contribution in [1.29, 1.82) is 0 Å². The molecule has 4 heteroatoms. The van der Waals surface area contributed by atoms with Crippen molar-refractivity contribution in [1.82, 2.24) is 0 Å². The van der Waals surface area contributed by atoms with Gasteiger partial charge < -0.3 is 15.3 Å². The molecular formula is C27H46O4. The van der Waals surface area contributed by atoms with E-state index in [9.17, 15) is 20.1 Å². The molecule has 3 aliphatic rings. The van der Waals surface area contributed by atoms with Crippen LogP contribution >= 0.6 is 0 Å². The van der Waals surface area contributed by atoms with Gasteiger partial charge in [-0.1, -0.05) is 53.9 Å². The lowest BCUT2D eigenvalue weighted by Gasteiger charge is -2.54. The summed E-state index contributed by atoms with van der Waals surface area (Å²) in [5.74, 6) is 2.06. The molecule has 0 heterocycles. The predicted molar refractivity (Wildman–Crippen MR) is 124 cm³/mol. The molecular weight excluding hydrogens is 388 g/mol. The van der Waals surface area contributed by atoms with E-state index in [1.165, 1.54) is 19.3 Å². The summed E-state index contributed by atoms with van der Waals surface area (Å²) < 4.78 is 0. The molecule has 178 valence electrons. The Morgan fingerprint density at radius 3 is 2.39 bits per heavy atom. The van der Waals surface area contributed by atoms with Crippen molar-refractivity contribution >= 4 is 5.78 Å². The van der Waals surface area contributed by atoms with Gasteiger partial charge in [-0.25, -0.2) is 0 Å². The van der Waals surface area contributed by atoms with Gasteiger partial charge in [0.2, 0.25) is 0 Å². The standard InChI is InChI=1S/C27H46O4/c1-7-25(5)21(18(4)10-8-9-17(2)3)11-12-22(25)20-15-23(29)27(31)16-19(28)13-14-26(27,6)24(20)30/h15,17-19,21-23,28-29,31H,7-14,16H2,1-6H3/t18-,19+,21-,22+,23+,25-,26-,27+/m1/s1. The largest absolute Gasteiger partial charge is 0.393 e. The van der Waals surface area contributed by atoms with E-state index in [1.807, 2.05) is 6.92 Å². The Labute approximate surface area is 189 Å². The number of fused-ring (bicyclic) bond motifs is 1. The zero-order valence-electron chi connectivity index (χ0n) is 20.7. The number of hydrogen-bond acceptors (Lipinski definition) is 4. The van der Waals surface area contributed by atoms with E-state index in [4.69, 9.17) is 0 Å². The molecule has 0 unspecified atom stereocenters. The third-order valence-corrected chi connectivity index (χ3v) is 9.74. The quantitative estimate of drug-likeness (QED) is 0.524. The summed E-state index contributed by atoms with van der Waals surface area (Å²) in [5, 5.41) is 32.4. The summed E-state index contributed by atoms with van der Waals surface area (Å²) in [6, 6.07) is 0. The zero-order chi connectivity index (χ0) is 23.2. The SMILES string of the molecule is CC[C@]1(C)[C@@H]([C@H](C)CCCC(C)C)CC[C@H]1C1=C[C@H](O)[C@@]2(O)C[C@@H](O)CC[C@]2(C)C1=O. The summed E-state index contributed by atoms with van der Waals surface area (Å²) in [4.78, 5) is 13.8. The Kier molecular flexibility index (Phi) is 7.16. The lowest BCUT2D eigenvalue weighted by Crippen LogP contribution is -2.65. The Morgan fingerprint density at radius 2 is 1.77 bits per heavy atom. The fraction of sp³-hybridized carbons (Fsp3) is 0.889. The van der Waals surface area contributed by atoms with Crippen LogP contribution in [-0.4, -0.2) is 38.9 Å². The average molecular weight is 435 g/mol. The maximum absolute atomic E-state index is 13.8. The molecule has 0 aliphatic heterocycles. The maximum atomic E-state index is 13.8. The predicted octanol–water partition coefficient (Wildman–Crippen LogP) is 5.04. The average Bonchev–Trinajstić information content (AvgIpc) is 3.04. The Morgan fingerprint density at radius 1 is 1.10 bits per heavy atom. The van der Waals surface area contributed by atoms with Crippen molar-refractivity contribution in [2.45, 2.75) is 117 Å². The summed E-state index contributed by atoms with van der Waals surface area (Å²) in [5.41, 5.74) is -1.82. The van der Waals surface area contributed by atoms with E-state index in [-0.39, 0.29) is 23.5 Å². The number of aliphatic hydroxyl groups excluding tert-OH is 2. The molecule has 2 saturated carbocycles. The lowest BCUT2D eigenvalue weighted by molar-refractivity contribution is -0.191. The van der Waals surface area contributed by atoms with E-state index in [1.54, 1.807) is 6.08 Å². The highest BCUT2D eigenvalue weighted by Gasteiger charge is 2.63.